The van der Waals surface area contributed by atoms with Crippen LogP contribution in [-0.4, -0.2) is 14.9 Å². The lowest BCUT2D eigenvalue weighted by Crippen LogP contribution is -2.06. The molecule has 7 heteroatoms. The summed E-state index contributed by atoms with van der Waals surface area (Å²) >= 11 is 0. The van der Waals surface area contributed by atoms with Crippen LogP contribution in [0.3, 0.4) is 0 Å². The third-order valence-electron chi connectivity index (χ3n) is 1.95. The summed E-state index contributed by atoms with van der Waals surface area (Å²) in [6.07, 6.45) is 0. The average molecular weight is 226 g/mol. The average Bonchev–Trinajstić information content (AvgIpc) is 2.44. The normalized spacial score (nSPS) is 11.7. The molecule has 0 fully saturated rings. The van der Waals surface area contributed by atoms with Gasteiger partial charge in [-0.15, -0.1) is 0 Å². The molecule has 6 nitrogen and oxygen atoms in total. The van der Waals surface area contributed by atoms with Gasteiger partial charge in [0.25, 0.3) is 0 Å². The molecule has 15 heavy (non-hydrogen) atoms. The largest absolute Gasteiger partial charge is 0.574 e. The molecule has 1 aromatic heterocycles. The molecular formula is C8H7N2O4P. The smallest absolute Gasteiger partial charge is 0.424 e. The van der Waals surface area contributed by atoms with Gasteiger partial charge in [0.05, 0.1) is 10.8 Å². The first-order valence-corrected chi connectivity index (χ1v) is 5.17. The Kier molecular flexibility index (Phi) is 2.22. The highest BCUT2D eigenvalue weighted by Gasteiger charge is 2.19. The molecule has 0 aliphatic heterocycles. The van der Waals surface area contributed by atoms with E-state index in [1.165, 1.54) is 0 Å². The van der Waals surface area contributed by atoms with Gasteiger partial charge >= 0.3 is 8.17 Å². The number of hydrogen-bond acceptors (Lipinski definition) is 5. The Morgan fingerprint density at radius 2 is 1.67 bits per heavy atom. The number of rotatable bonds is 2. The van der Waals surface area contributed by atoms with Crippen LogP contribution in [-0.2, 0) is 0 Å². The Morgan fingerprint density at radius 3 is 2.07 bits per heavy atom. The van der Waals surface area contributed by atoms with Gasteiger partial charge in [-0.3, -0.25) is 0 Å². The van der Waals surface area contributed by atoms with E-state index in [1.54, 1.807) is 24.3 Å². The summed E-state index contributed by atoms with van der Waals surface area (Å²) < 4.78 is 5.03. The van der Waals surface area contributed by atoms with Crippen LogP contribution < -0.4 is 9.52 Å². The Bertz CT molecular complexity index is 498. The molecule has 0 saturated heterocycles. The molecule has 3 N–H and O–H groups in total. The predicted molar refractivity (Wildman–Crippen MR) is 51.5 cm³/mol. The summed E-state index contributed by atoms with van der Waals surface area (Å²) in [5, 5.41) is 26.6. The molecule has 1 unspecified atom stereocenters. The molecule has 0 amide bonds. The van der Waals surface area contributed by atoms with E-state index in [0.29, 0.717) is 15.5 Å². The lowest BCUT2D eigenvalue weighted by molar-refractivity contribution is -0.177. The highest BCUT2D eigenvalue weighted by molar-refractivity contribution is 7.32. The van der Waals surface area contributed by atoms with Crippen molar-refractivity contribution in [2.45, 2.75) is 0 Å². The van der Waals surface area contributed by atoms with E-state index in [0.717, 1.165) is 0 Å². The van der Waals surface area contributed by atoms with Crippen LogP contribution in [0.15, 0.2) is 24.3 Å². The standard InChI is InChI=1S/C8H7N2O4P/c9-15(13)14-10-7(11)5-3-1-2-4-6(5)8(10)12/h1-4,9,11-12H. The van der Waals surface area contributed by atoms with Crippen molar-refractivity contribution in [1.29, 1.82) is 5.16 Å². The van der Waals surface area contributed by atoms with Crippen molar-refractivity contribution in [1.82, 2.24) is 4.73 Å². The molecule has 1 aromatic carbocycles. The molecular weight excluding hydrogens is 219 g/mol. The topological polar surface area (TPSA) is 102 Å². The van der Waals surface area contributed by atoms with Gasteiger partial charge in [-0.25, -0.2) is 0 Å². The summed E-state index contributed by atoms with van der Waals surface area (Å²) in [5.41, 5.74) is 0. The number of aromatic nitrogens is 1. The lowest BCUT2D eigenvalue weighted by atomic mass is 10.2. The molecule has 1 heterocycles. The summed E-state index contributed by atoms with van der Waals surface area (Å²) in [5.74, 6) is -0.752. The van der Waals surface area contributed by atoms with Crippen molar-refractivity contribution in [2.24, 2.45) is 0 Å². The molecule has 78 valence electrons. The first kappa shape index (κ1) is 9.76. The second-order valence-electron chi connectivity index (χ2n) is 2.83. The van der Waals surface area contributed by atoms with Crippen molar-refractivity contribution < 1.29 is 19.7 Å². The van der Waals surface area contributed by atoms with E-state index in [4.69, 9.17) is 5.16 Å². The van der Waals surface area contributed by atoms with Gasteiger partial charge in [0.15, 0.2) is 0 Å². The Balaban J connectivity index is 2.69. The molecule has 2 aromatic rings. The maximum absolute atomic E-state index is 10.5. The summed E-state index contributed by atoms with van der Waals surface area (Å²) in [7, 11) is -2.70. The summed E-state index contributed by atoms with van der Waals surface area (Å²) in [6.45, 7) is 0. The highest BCUT2D eigenvalue weighted by atomic mass is 31.1. The van der Waals surface area contributed by atoms with E-state index in [9.17, 15) is 15.1 Å². The summed E-state index contributed by atoms with van der Waals surface area (Å²) in [6, 6.07) is 6.49. The SMILES string of the molecule is N=[P+]([O-])On1c(O)c2ccccc2c1O. The van der Waals surface area contributed by atoms with Crippen LogP contribution >= 0.6 is 8.17 Å². The molecule has 0 bridgehead atoms. The van der Waals surface area contributed by atoms with Crippen molar-refractivity contribution in [3.63, 3.8) is 0 Å². The van der Waals surface area contributed by atoms with E-state index < -0.39 is 8.17 Å². The number of fused-ring (bicyclic) bond motifs is 1. The minimum absolute atomic E-state index is 0.367. The quantitative estimate of drug-likeness (QED) is 0.662. The van der Waals surface area contributed by atoms with Gasteiger partial charge < -0.3 is 15.1 Å². The molecule has 0 saturated carbocycles. The van der Waals surface area contributed by atoms with Crippen LogP contribution in [0.4, 0.5) is 0 Å². The van der Waals surface area contributed by atoms with Crippen molar-refractivity contribution in [3.8, 4) is 11.8 Å². The van der Waals surface area contributed by atoms with Crippen molar-refractivity contribution in [2.75, 3.05) is 0 Å². The van der Waals surface area contributed by atoms with Crippen LogP contribution in [0, 0.1) is 5.16 Å². The monoisotopic (exact) mass is 226 g/mol. The fourth-order valence-corrected chi connectivity index (χ4v) is 1.65. The number of aromatic hydroxyl groups is 2. The van der Waals surface area contributed by atoms with Crippen molar-refractivity contribution in [3.05, 3.63) is 24.3 Å². The molecule has 0 aliphatic rings. The molecule has 0 radical (unpaired) electrons. The first-order valence-electron chi connectivity index (χ1n) is 3.99. The minimum Gasteiger partial charge on any atom is -0.574 e. The maximum Gasteiger partial charge on any atom is 0.424 e. The van der Waals surface area contributed by atoms with Gasteiger partial charge in [-0.05, 0) is 12.1 Å². The van der Waals surface area contributed by atoms with Crippen LogP contribution in [0.2, 0.25) is 0 Å². The Hall–Kier alpha value is -1.78. The fourth-order valence-electron chi connectivity index (χ4n) is 1.34. The second-order valence-corrected chi connectivity index (χ2v) is 3.50. The number of hydrogen-bond donors (Lipinski definition) is 3. The van der Waals surface area contributed by atoms with E-state index >= 15 is 0 Å². The zero-order valence-electron chi connectivity index (χ0n) is 7.41. The fraction of sp³-hybridized carbons (Fsp3) is 0. The zero-order chi connectivity index (χ0) is 11.0. The van der Waals surface area contributed by atoms with Crippen molar-refractivity contribution >= 4 is 18.9 Å². The number of benzene rings is 1. The highest BCUT2D eigenvalue weighted by Crippen LogP contribution is 2.36. The third kappa shape index (κ3) is 1.49. The predicted octanol–water partition coefficient (Wildman–Crippen LogP) is 0.916. The second kappa shape index (κ2) is 3.42. The number of nitrogens with one attached hydrogen (secondary N) is 1. The number of nitrogens with zero attached hydrogens (tertiary/aromatic N) is 1. The molecule has 2 rings (SSSR count). The van der Waals surface area contributed by atoms with Gasteiger partial charge in [-0.2, -0.15) is 4.62 Å². The molecule has 0 aliphatic carbocycles. The van der Waals surface area contributed by atoms with E-state index in [-0.39, 0.29) is 11.8 Å². The maximum atomic E-state index is 10.5. The third-order valence-corrected chi connectivity index (χ3v) is 2.26. The Labute approximate surface area is 85.4 Å². The Morgan fingerprint density at radius 1 is 1.20 bits per heavy atom. The van der Waals surface area contributed by atoms with Crippen LogP contribution in [0.5, 0.6) is 11.8 Å². The van der Waals surface area contributed by atoms with Gasteiger partial charge in [0.2, 0.25) is 11.8 Å². The first-order chi connectivity index (χ1) is 7.11. The van der Waals surface area contributed by atoms with E-state index in [2.05, 4.69) is 4.62 Å². The molecule has 1 atom stereocenters. The lowest BCUT2D eigenvalue weighted by Gasteiger charge is -1.99. The van der Waals surface area contributed by atoms with Crippen LogP contribution in [0.25, 0.3) is 10.8 Å². The van der Waals surface area contributed by atoms with Gasteiger partial charge in [0, 0.05) is 0 Å². The van der Waals surface area contributed by atoms with Crippen LogP contribution in [0.1, 0.15) is 0 Å². The van der Waals surface area contributed by atoms with Gasteiger partial charge in [0.1, 0.15) is 0 Å². The minimum atomic E-state index is -2.70. The molecule has 0 spiro atoms. The zero-order valence-corrected chi connectivity index (χ0v) is 8.31. The van der Waals surface area contributed by atoms with Gasteiger partial charge in [-0.1, -0.05) is 22.0 Å². The van der Waals surface area contributed by atoms with E-state index in [1.807, 2.05) is 0 Å². The summed E-state index contributed by atoms with van der Waals surface area (Å²) in [4.78, 5) is 10.5.